The molecule has 3 heterocycles. The first-order valence-electron chi connectivity index (χ1n) is 7.44. The molecule has 3 N–H and O–H groups in total. The quantitative estimate of drug-likeness (QED) is 0.760. The fraction of sp³-hybridized carbons (Fsp3) is 0.538. The number of nitrogens with one attached hydrogen (secondary N) is 1. The molecule has 0 aliphatic carbocycles. The van der Waals surface area contributed by atoms with E-state index in [0.29, 0.717) is 35.8 Å². The first kappa shape index (κ1) is 17.6. The minimum Gasteiger partial charge on any atom is -0.459 e. The van der Waals surface area contributed by atoms with Crippen LogP contribution in [0.15, 0.2) is 5.51 Å². The van der Waals surface area contributed by atoms with Crippen LogP contribution in [-0.4, -0.2) is 59.4 Å². The van der Waals surface area contributed by atoms with Crippen molar-refractivity contribution < 1.29 is 22.7 Å². The van der Waals surface area contributed by atoms with E-state index in [1.165, 1.54) is 11.3 Å². The van der Waals surface area contributed by atoms with Crippen LogP contribution in [0, 0.1) is 0 Å². The second kappa shape index (κ2) is 6.96. The number of carbonyl (C=O) groups excluding carboxylic acids is 1. The van der Waals surface area contributed by atoms with Gasteiger partial charge in [0.25, 0.3) is 0 Å². The number of nitrogens with two attached hydrogens (primary N) is 1. The summed E-state index contributed by atoms with van der Waals surface area (Å²) in [6.07, 6.45) is -4.78. The molecule has 3 rings (SSSR count). The topological polar surface area (TPSA) is 106 Å². The maximum atomic E-state index is 12.2. The van der Waals surface area contributed by atoms with E-state index < -0.39 is 12.1 Å². The third-order valence-electron chi connectivity index (χ3n) is 3.74. The number of hydrogen-bond donors (Lipinski definition) is 2. The largest absolute Gasteiger partial charge is 0.490 e. The predicted octanol–water partition coefficient (Wildman–Crippen LogP) is 0.942. The lowest BCUT2D eigenvalue weighted by Gasteiger charge is -2.37. The highest BCUT2D eigenvalue weighted by Crippen LogP contribution is 2.28. The minimum atomic E-state index is -4.99. The van der Waals surface area contributed by atoms with Crippen molar-refractivity contribution in [2.24, 2.45) is 0 Å². The second-order valence-electron chi connectivity index (χ2n) is 5.39. The zero-order chi connectivity index (χ0) is 18.0. The molecule has 2 aromatic rings. The Morgan fingerprint density at radius 3 is 3.04 bits per heavy atom. The van der Waals surface area contributed by atoms with Gasteiger partial charge in [0.05, 0.1) is 12.1 Å². The Hall–Kier alpha value is -2.21. The van der Waals surface area contributed by atoms with Gasteiger partial charge in [0, 0.05) is 32.1 Å². The Bertz CT molecular complexity index is 768. The van der Waals surface area contributed by atoms with Gasteiger partial charge in [-0.05, 0) is 0 Å². The number of alkyl halides is 3. The molecule has 2 aromatic heterocycles. The Balaban J connectivity index is 1.75. The van der Waals surface area contributed by atoms with E-state index in [9.17, 15) is 18.0 Å². The van der Waals surface area contributed by atoms with Gasteiger partial charge in [-0.1, -0.05) is 0 Å². The van der Waals surface area contributed by atoms with E-state index in [2.05, 4.69) is 25.0 Å². The molecule has 0 bridgehead atoms. The predicted molar refractivity (Wildman–Crippen MR) is 85.3 cm³/mol. The van der Waals surface area contributed by atoms with Crippen molar-refractivity contribution in [3.63, 3.8) is 0 Å². The zero-order valence-electron chi connectivity index (χ0n) is 12.9. The molecule has 136 valence electrons. The number of hydrogen-bond acceptors (Lipinski definition) is 9. The van der Waals surface area contributed by atoms with E-state index in [-0.39, 0.29) is 25.0 Å². The van der Waals surface area contributed by atoms with Gasteiger partial charge in [-0.15, -0.1) is 11.3 Å². The molecule has 1 aliphatic heterocycles. The molecule has 1 atom stereocenters. The van der Waals surface area contributed by atoms with Crippen molar-refractivity contribution in [3.8, 4) is 0 Å². The van der Waals surface area contributed by atoms with Crippen molar-refractivity contribution in [3.05, 3.63) is 5.51 Å². The van der Waals surface area contributed by atoms with Gasteiger partial charge < -0.3 is 20.7 Å². The number of fused-ring (bicyclic) bond motifs is 1. The molecule has 0 aromatic carbocycles. The lowest BCUT2D eigenvalue weighted by Crippen LogP contribution is -2.52. The van der Waals surface area contributed by atoms with Crippen molar-refractivity contribution in [2.45, 2.75) is 18.6 Å². The summed E-state index contributed by atoms with van der Waals surface area (Å²) in [5.74, 6) is -1.54. The number of nitrogens with zero attached hydrogens (tertiary/aromatic N) is 4. The number of thiazole rings is 1. The lowest BCUT2D eigenvalue weighted by atomic mass is 10.1. The summed E-state index contributed by atoms with van der Waals surface area (Å²) in [5.41, 5.74) is 7.97. The van der Waals surface area contributed by atoms with E-state index >= 15 is 0 Å². The lowest BCUT2D eigenvalue weighted by molar-refractivity contribution is -0.199. The number of halogens is 3. The van der Waals surface area contributed by atoms with Crippen LogP contribution in [0.25, 0.3) is 10.3 Å². The monoisotopic (exact) mass is 376 g/mol. The average Bonchev–Trinajstić information content (AvgIpc) is 3.01. The Labute approximate surface area is 144 Å². The first-order chi connectivity index (χ1) is 11.9. The molecule has 25 heavy (non-hydrogen) atoms. The number of carbonyl (C=O) groups is 1. The highest BCUT2D eigenvalue weighted by molar-refractivity contribution is 7.16. The fourth-order valence-electron chi connectivity index (χ4n) is 2.63. The van der Waals surface area contributed by atoms with Gasteiger partial charge >= 0.3 is 12.1 Å². The molecule has 8 nitrogen and oxygen atoms in total. The number of ether oxygens (including phenoxy) is 1. The van der Waals surface area contributed by atoms with Gasteiger partial charge in [-0.3, -0.25) is 0 Å². The van der Waals surface area contributed by atoms with Gasteiger partial charge in [-0.2, -0.15) is 18.2 Å². The molecule has 1 unspecified atom stereocenters. The van der Waals surface area contributed by atoms with Crippen molar-refractivity contribution in [1.82, 2.24) is 20.3 Å². The second-order valence-corrected chi connectivity index (χ2v) is 6.22. The molecule has 1 saturated heterocycles. The van der Waals surface area contributed by atoms with Crippen LogP contribution in [0.2, 0.25) is 0 Å². The van der Waals surface area contributed by atoms with Crippen LogP contribution in [0.4, 0.5) is 24.9 Å². The molecule has 1 aliphatic rings. The summed E-state index contributed by atoms with van der Waals surface area (Å²) in [6, 6.07) is -0.214. The maximum Gasteiger partial charge on any atom is 0.490 e. The summed E-state index contributed by atoms with van der Waals surface area (Å²) < 4.78 is 40.9. The average molecular weight is 376 g/mol. The van der Waals surface area contributed by atoms with Crippen LogP contribution in [0.1, 0.15) is 6.42 Å². The molecular weight excluding hydrogens is 361 g/mol. The summed E-state index contributed by atoms with van der Waals surface area (Å²) in [4.78, 5) is 26.0. The van der Waals surface area contributed by atoms with E-state index in [0.717, 1.165) is 0 Å². The standard InChI is InChI=1S/C13H15F3N6O2S/c14-13(15,16)11(23)24-4-1-7-5-18-2-3-22(7)9-8-10(25-6-19-8)21-12(17)20-9/h6-7,18H,1-5H2,(H2,17,20,21). The van der Waals surface area contributed by atoms with Crippen LogP contribution in [0.3, 0.4) is 0 Å². The summed E-state index contributed by atoms with van der Waals surface area (Å²) in [7, 11) is 0. The number of aromatic nitrogens is 3. The molecule has 12 heteroatoms. The van der Waals surface area contributed by atoms with Gasteiger partial charge in [0.15, 0.2) is 10.6 Å². The van der Waals surface area contributed by atoms with Gasteiger partial charge in [0.1, 0.15) is 5.52 Å². The number of nitrogen functional groups attached to an aromatic ring is 1. The molecular formula is C13H15F3N6O2S. The number of anilines is 2. The Kier molecular flexibility index (Phi) is 4.90. The van der Waals surface area contributed by atoms with Crippen molar-refractivity contribution in [1.29, 1.82) is 0 Å². The summed E-state index contributed by atoms with van der Waals surface area (Å²) in [6.45, 7) is 1.41. The van der Waals surface area contributed by atoms with E-state index in [1.54, 1.807) is 5.51 Å². The number of esters is 1. The van der Waals surface area contributed by atoms with E-state index in [4.69, 9.17) is 5.73 Å². The zero-order valence-corrected chi connectivity index (χ0v) is 13.7. The Morgan fingerprint density at radius 2 is 2.28 bits per heavy atom. The number of piperazine rings is 1. The number of rotatable bonds is 4. The normalized spacial score (nSPS) is 18.5. The Morgan fingerprint density at radius 1 is 1.48 bits per heavy atom. The molecule has 0 radical (unpaired) electrons. The van der Waals surface area contributed by atoms with Gasteiger partial charge in [0.2, 0.25) is 5.95 Å². The van der Waals surface area contributed by atoms with Crippen LogP contribution < -0.4 is 16.0 Å². The molecule has 0 saturated carbocycles. The summed E-state index contributed by atoms with van der Waals surface area (Å²) in [5, 5.41) is 3.16. The molecule has 0 spiro atoms. The third kappa shape index (κ3) is 3.90. The van der Waals surface area contributed by atoms with Crippen molar-refractivity contribution >= 4 is 39.4 Å². The van der Waals surface area contributed by atoms with E-state index in [1.807, 2.05) is 4.90 Å². The van der Waals surface area contributed by atoms with Crippen LogP contribution >= 0.6 is 11.3 Å². The SMILES string of the molecule is Nc1nc(N2CCNCC2CCOC(=O)C(F)(F)F)c2ncsc2n1. The minimum absolute atomic E-state index is 0.104. The first-order valence-corrected chi connectivity index (χ1v) is 8.32. The van der Waals surface area contributed by atoms with Gasteiger partial charge in [-0.25, -0.2) is 14.8 Å². The maximum absolute atomic E-state index is 12.2. The highest BCUT2D eigenvalue weighted by atomic mass is 32.1. The van der Waals surface area contributed by atoms with Crippen LogP contribution in [0.5, 0.6) is 0 Å². The highest BCUT2D eigenvalue weighted by Gasteiger charge is 2.41. The third-order valence-corrected chi connectivity index (χ3v) is 4.45. The van der Waals surface area contributed by atoms with Crippen molar-refractivity contribution in [2.75, 3.05) is 36.9 Å². The van der Waals surface area contributed by atoms with Crippen LogP contribution in [-0.2, 0) is 9.53 Å². The summed E-state index contributed by atoms with van der Waals surface area (Å²) >= 11 is 1.33. The fourth-order valence-corrected chi connectivity index (χ4v) is 3.29. The molecule has 0 amide bonds. The smallest absolute Gasteiger partial charge is 0.459 e. The molecule has 1 fully saturated rings.